The number of fused-ring (bicyclic) bond motifs is 1. The van der Waals surface area contributed by atoms with E-state index in [-0.39, 0.29) is 23.0 Å². The number of hydrogen-bond donors (Lipinski definition) is 1. The summed E-state index contributed by atoms with van der Waals surface area (Å²) in [6.45, 7) is 1.27. The smallest absolute Gasteiger partial charge is 0.251 e. The molecular weight excluding hydrogens is 362 g/mol. The number of allylic oxidation sites excluding steroid dienone is 3. The Bertz CT molecular complexity index is 867. The second-order valence-electron chi connectivity index (χ2n) is 6.61. The quantitative estimate of drug-likeness (QED) is 0.813. The Kier molecular flexibility index (Phi) is 4.96. The fraction of sp³-hybridized carbons (Fsp3) is 0.300. The number of thiocarbonyl (C=S) groups is 1. The molecule has 138 valence electrons. The Morgan fingerprint density at radius 1 is 1.30 bits per heavy atom. The summed E-state index contributed by atoms with van der Waals surface area (Å²) < 4.78 is 5.51. The van der Waals surface area contributed by atoms with Crippen LogP contribution in [0, 0.1) is 5.92 Å². The molecule has 1 fully saturated rings. The number of nitrogens with one attached hydrogen (secondary N) is 1. The zero-order chi connectivity index (χ0) is 18.8. The molecular formula is C20H19N3O3S. The van der Waals surface area contributed by atoms with Gasteiger partial charge in [0.05, 0.1) is 23.4 Å². The van der Waals surface area contributed by atoms with Crippen molar-refractivity contribution in [3.05, 3.63) is 54.1 Å². The van der Waals surface area contributed by atoms with Gasteiger partial charge in [0, 0.05) is 18.7 Å². The van der Waals surface area contributed by atoms with Gasteiger partial charge < -0.3 is 10.1 Å². The first-order chi connectivity index (χ1) is 13.1. The number of benzene rings is 1. The molecule has 0 bridgehead atoms. The van der Waals surface area contributed by atoms with Crippen molar-refractivity contribution in [2.45, 2.75) is 18.9 Å². The number of hydrogen-bond acceptors (Lipinski definition) is 4. The number of aliphatic imine (C=N–C) groups is 1. The van der Waals surface area contributed by atoms with Crippen LogP contribution >= 0.6 is 12.2 Å². The third-order valence-corrected chi connectivity index (χ3v) is 5.08. The van der Waals surface area contributed by atoms with E-state index in [4.69, 9.17) is 17.0 Å². The van der Waals surface area contributed by atoms with Crippen molar-refractivity contribution in [2.75, 3.05) is 18.1 Å². The maximum Gasteiger partial charge on any atom is 0.251 e. The fourth-order valence-electron chi connectivity index (χ4n) is 3.35. The van der Waals surface area contributed by atoms with Crippen LogP contribution in [-0.2, 0) is 9.53 Å². The van der Waals surface area contributed by atoms with Crippen LogP contribution in [0.5, 0.6) is 0 Å². The van der Waals surface area contributed by atoms with Crippen LogP contribution in [0.4, 0.5) is 5.69 Å². The van der Waals surface area contributed by atoms with E-state index in [2.05, 4.69) is 10.3 Å². The van der Waals surface area contributed by atoms with Crippen LogP contribution < -0.4 is 10.2 Å². The maximum atomic E-state index is 12.8. The SMILES string of the molecule is O=C(NCC1CCCO1)c1ccc(N2C(=O)C3C=CC=CC3=NC2=S)cc1. The van der Waals surface area contributed by atoms with Gasteiger partial charge >= 0.3 is 0 Å². The lowest BCUT2D eigenvalue weighted by Gasteiger charge is -2.30. The second-order valence-corrected chi connectivity index (χ2v) is 6.97. The predicted molar refractivity (Wildman–Crippen MR) is 107 cm³/mol. The van der Waals surface area contributed by atoms with Gasteiger partial charge in [-0.2, -0.15) is 0 Å². The first-order valence-corrected chi connectivity index (χ1v) is 9.35. The van der Waals surface area contributed by atoms with Crippen molar-refractivity contribution in [3.8, 4) is 0 Å². The van der Waals surface area contributed by atoms with E-state index in [1.54, 1.807) is 30.3 Å². The topological polar surface area (TPSA) is 71.0 Å². The molecule has 2 heterocycles. The molecule has 3 aliphatic rings. The molecule has 1 aliphatic carbocycles. The van der Waals surface area contributed by atoms with Gasteiger partial charge in [0.1, 0.15) is 0 Å². The molecule has 2 atom stereocenters. The largest absolute Gasteiger partial charge is 0.376 e. The molecule has 7 heteroatoms. The zero-order valence-corrected chi connectivity index (χ0v) is 15.4. The molecule has 0 spiro atoms. The van der Waals surface area contributed by atoms with E-state index in [0.29, 0.717) is 23.5 Å². The summed E-state index contributed by atoms with van der Waals surface area (Å²) in [5.74, 6) is -0.720. The Labute approximate surface area is 162 Å². The van der Waals surface area contributed by atoms with E-state index in [1.807, 2.05) is 18.2 Å². The molecule has 1 aromatic rings. The standard InChI is InChI=1S/C20H19N3O3S/c24-18(21-12-15-4-3-11-26-15)13-7-9-14(10-8-13)23-19(25)16-5-1-2-6-17(16)22-20(23)27/h1-2,5-10,15-16H,3-4,11-12H2,(H,21,24). The third-order valence-electron chi connectivity index (χ3n) is 4.80. The summed E-state index contributed by atoms with van der Waals surface area (Å²) in [7, 11) is 0. The molecule has 2 aliphatic heterocycles. The molecule has 6 nitrogen and oxygen atoms in total. The Morgan fingerprint density at radius 3 is 2.85 bits per heavy atom. The van der Waals surface area contributed by atoms with E-state index in [1.165, 1.54) is 4.90 Å². The van der Waals surface area contributed by atoms with Crippen LogP contribution in [0.25, 0.3) is 0 Å². The van der Waals surface area contributed by atoms with Crippen LogP contribution in [0.2, 0.25) is 0 Å². The number of nitrogens with zero attached hydrogens (tertiary/aromatic N) is 2. The summed E-state index contributed by atoms with van der Waals surface area (Å²) >= 11 is 5.31. The minimum absolute atomic E-state index is 0.0984. The number of amides is 2. The lowest BCUT2D eigenvalue weighted by molar-refractivity contribution is -0.118. The summed E-state index contributed by atoms with van der Waals surface area (Å²) in [6.07, 6.45) is 9.38. The molecule has 27 heavy (non-hydrogen) atoms. The van der Waals surface area contributed by atoms with Crippen LogP contribution in [0.3, 0.4) is 0 Å². The van der Waals surface area contributed by atoms with Gasteiger partial charge in [-0.05, 0) is 55.4 Å². The van der Waals surface area contributed by atoms with E-state index in [9.17, 15) is 9.59 Å². The predicted octanol–water partition coefficient (Wildman–Crippen LogP) is 2.41. The highest BCUT2D eigenvalue weighted by atomic mass is 32.1. The number of ether oxygens (including phenoxy) is 1. The van der Waals surface area contributed by atoms with Crippen LogP contribution in [0.1, 0.15) is 23.2 Å². The average molecular weight is 381 g/mol. The van der Waals surface area contributed by atoms with Crippen molar-refractivity contribution in [3.63, 3.8) is 0 Å². The minimum Gasteiger partial charge on any atom is -0.376 e. The Morgan fingerprint density at radius 2 is 2.11 bits per heavy atom. The van der Waals surface area contributed by atoms with Gasteiger partial charge in [0.2, 0.25) is 11.0 Å². The van der Waals surface area contributed by atoms with Crippen molar-refractivity contribution < 1.29 is 14.3 Å². The third kappa shape index (κ3) is 3.61. The molecule has 2 amide bonds. The molecule has 2 unspecified atom stereocenters. The average Bonchev–Trinajstić information content (AvgIpc) is 3.20. The van der Waals surface area contributed by atoms with Crippen molar-refractivity contribution in [1.29, 1.82) is 0 Å². The molecule has 1 saturated heterocycles. The maximum absolute atomic E-state index is 12.8. The Hall–Kier alpha value is -2.64. The zero-order valence-electron chi connectivity index (χ0n) is 14.6. The summed E-state index contributed by atoms with van der Waals surface area (Å²) in [5, 5.41) is 3.10. The molecule has 4 rings (SSSR count). The first-order valence-electron chi connectivity index (χ1n) is 8.95. The summed E-state index contributed by atoms with van der Waals surface area (Å²) in [6, 6.07) is 6.81. The van der Waals surface area contributed by atoms with Crippen molar-refractivity contribution in [2.24, 2.45) is 10.9 Å². The van der Waals surface area contributed by atoms with Gasteiger partial charge in [-0.3, -0.25) is 14.5 Å². The molecule has 1 N–H and O–H groups in total. The Balaban J connectivity index is 1.47. The molecule has 0 saturated carbocycles. The summed E-state index contributed by atoms with van der Waals surface area (Å²) in [5.41, 5.74) is 1.79. The summed E-state index contributed by atoms with van der Waals surface area (Å²) in [4.78, 5) is 30.9. The normalized spacial score (nSPS) is 24.0. The first kappa shape index (κ1) is 17.8. The molecule has 1 aromatic carbocycles. The van der Waals surface area contributed by atoms with E-state index < -0.39 is 5.92 Å². The lowest BCUT2D eigenvalue weighted by Crippen LogP contribution is -2.46. The highest BCUT2D eigenvalue weighted by Crippen LogP contribution is 2.25. The van der Waals surface area contributed by atoms with Crippen LogP contribution in [-0.4, -0.2) is 41.9 Å². The molecule has 0 radical (unpaired) electrons. The van der Waals surface area contributed by atoms with Gasteiger partial charge in [0.25, 0.3) is 5.91 Å². The fourth-order valence-corrected chi connectivity index (χ4v) is 3.66. The molecule has 0 aromatic heterocycles. The van der Waals surface area contributed by atoms with Gasteiger partial charge in [-0.15, -0.1) is 0 Å². The van der Waals surface area contributed by atoms with Gasteiger partial charge in [0.15, 0.2) is 0 Å². The van der Waals surface area contributed by atoms with Gasteiger partial charge in [-0.25, -0.2) is 4.99 Å². The van der Waals surface area contributed by atoms with Gasteiger partial charge in [-0.1, -0.05) is 18.2 Å². The number of carbonyl (C=O) groups excluding carboxylic acids is 2. The lowest BCUT2D eigenvalue weighted by atomic mass is 9.95. The van der Waals surface area contributed by atoms with Crippen LogP contribution in [0.15, 0.2) is 53.6 Å². The van der Waals surface area contributed by atoms with Crippen molar-refractivity contribution >= 4 is 40.5 Å². The highest BCUT2D eigenvalue weighted by molar-refractivity contribution is 7.80. The number of carbonyl (C=O) groups is 2. The monoisotopic (exact) mass is 381 g/mol. The number of rotatable bonds is 4. The highest BCUT2D eigenvalue weighted by Gasteiger charge is 2.34. The van der Waals surface area contributed by atoms with E-state index in [0.717, 1.165) is 19.4 Å². The second kappa shape index (κ2) is 7.54. The number of anilines is 1. The van der Waals surface area contributed by atoms with E-state index >= 15 is 0 Å². The van der Waals surface area contributed by atoms with Crippen molar-refractivity contribution in [1.82, 2.24) is 5.32 Å². The minimum atomic E-state index is -0.420.